The molecule has 0 atom stereocenters. The number of aryl methyl sites for hydroxylation is 2. The number of hydrogen-bond donors (Lipinski definition) is 2. The first kappa shape index (κ1) is 13.8. The van der Waals surface area contributed by atoms with Gasteiger partial charge in [-0.25, -0.2) is 4.79 Å². The van der Waals surface area contributed by atoms with Crippen molar-refractivity contribution in [3.8, 4) is 0 Å². The standard InChI is InChI=1S/C14H15N3O3/c1-3-11-12(8-17(2)16-11)15-13(18)9-6-4-5-7-10(9)14(19)20/h4-8H,3H2,1-2H3,(H,15,18)(H,19,20). The molecule has 1 aromatic carbocycles. The van der Waals surface area contributed by atoms with Crippen LogP contribution in [0.2, 0.25) is 0 Å². The lowest BCUT2D eigenvalue weighted by atomic mass is 10.1. The number of carboxylic acid groups (broad SMARTS) is 1. The Kier molecular flexibility index (Phi) is 3.84. The highest BCUT2D eigenvalue weighted by atomic mass is 16.4. The Morgan fingerprint density at radius 1 is 1.30 bits per heavy atom. The highest BCUT2D eigenvalue weighted by molar-refractivity contribution is 6.10. The molecule has 2 N–H and O–H groups in total. The molecule has 0 radical (unpaired) electrons. The first-order valence-corrected chi connectivity index (χ1v) is 6.19. The topological polar surface area (TPSA) is 84.2 Å². The van der Waals surface area contributed by atoms with Crippen molar-refractivity contribution in [3.63, 3.8) is 0 Å². The zero-order valence-corrected chi connectivity index (χ0v) is 11.3. The molecular weight excluding hydrogens is 258 g/mol. The van der Waals surface area contributed by atoms with E-state index in [1.807, 2.05) is 6.92 Å². The van der Waals surface area contributed by atoms with E-state index < -0.39 is 11.9 Å². The van der Waals surface area contributed by atoms with E-state index in [2.05, 4.69) is 10.4 Å². The minimum Gasteiger partial charge on any atom is -0.478 e. The van der Waals surface area contributed by atoms with Crippen molar-refractivity contribution >= 4 is 17.6 Å². The van der Waals surface area contributed by atoms with E-state index in [4.69, 9.17) is 5.11 Å². The number of benzene rings is 1. The van der Waals surface area contributed by atoms with Crippen molar-refractivity contribution in [2.45, 2.75) is 13.3 Å². The lowest BCUT2D eigenvalue weighted by Crippen LogP contribution is -2.16. The molecule has 0 unspecified atom stereocenters. The summed E-state index contributed by atoms with van der Waals surface area (Å²) in [5, 5.41) is 16.0. The second-order valence-electron chi connectivity index (χ2n) is 4.32. The number of hydrogen-bond acceptors (Lipinski definition) is 3. The molecule has 1 heterocycles. The van der Waals surface area contributed by atoms with E-state index in [0.717, 1.165) is 5.69 Å². The Bertz CT molecular complexity index is 661. The molecule has 104 valence electrons. The molecule has 0 spiro atoms. The van der Waals surface area contributed by atoms with E-state index in [-0.39, 0.29) is 11.1 Å². The van der Waals surface area contributed by atoms with Gasteiger partial charge in [0.05, 0.1) is 22.5 Å². The maximum absolute atomic E-state index is 12.2. The summed E-state index contributed by atoms with van der Waals surface area (Å²) in [6.07, 6.45) is 2.37. The number of anilines is 1. The fourth-order valence-corrected chi connectivity index (χ4v) is 1.96. The summed E-state index contributed by atoms with van der Waals surface area (Å²) in [5.74, 6) is -1.58. The molecule has 1 aromatic heterocycles. The molecule has 0 aliphatic heterocycles. The van der Waals surface area contributed by atoms with Gasteiger partial charge in [0.15, 0.2) is 0 Å². The first-order chi connectivity index (χ1) is 9.52. The number of carboxylic acids is 1. The van der Waals surface area contributed by atoms with Gasteiger partial charge in [0.2, 0.25) is 0 Å². The Labute approximate surface area is 116 Å². The predicted molar refractivity (Wildman–Crippen MR) is 73.9 cm³/mol. The van der Waals surface area contributed by atoms with Crippen LogP contribution in [0.1, 0.15) is 33.3 Å². The van der Waals surface area contributed by atoms with Gasteiger partial charge in [0.25, 0.3) is 5.91 Å². The molecular formula is C14H15N3O3. The molecule has 20 heavy (non-hydrogen) atoms. The third-order valence-electron chi connectivity index (χ3n) is 2.89. The summed E-state index contributed by atoms with van der Waals surface area (Å²) in [5.41, 5.74) is 1.46. The molecule has 0 saturated heterocycles. The average Bonchev–Trinajstić information content (AvgIpc) is 2.78. The Hall–Kier alpha value is -2.63. The summed E-state index contributed by atoms with van der Waals surface area (Å²) in [7, 11) is 1.76. The van der Waals surface area contributed by atoms with Crippen LogP contribution < -0.4 is 5.32 Å². The van der Waals surface area contributed by atoms with Crippen LogP contribution in [0.3, 0.4) is 0 Å². The third kappa shape index (κ3) is 2.69. The van der Waals surface area contributed by atoms with Crippen LogP contribution in [0.15, 0.2) is 30.5 Å². The van der Waals surface area contributed by atoms with Crippen LogP contribution in [0, 0.1) is 0 Å². The molecule has 0 aliphatic rings. The van der Waals surface area contributed by atoms with Crippen molar-refractivity contribution in [3.05, 3.63) is 47.3 Å². The molecule has 1 amide bonds. The van der Waals surface area contributed by atoms with Gasteiger partial charge in [-0.2, -0.15) is 5.10 Å². The van der Waals surface area contributed by atoms with Crippen molar-refractivity contribution in [2.75, 3.05) is 5.32 Å². The summed E-state index contributed by atoms with van der Waals surface area (Å²) >= 11 is 0. The summed E-state index contributed by atoms with van der Waals surface area (Å²) in [6.45, 7) is 1.93. The zero-order chi connectivity index (χ0) is 14.7. The second-order valence-corrected chi connectivity index (χ2v) is 4.32. The number of carbonyl (C=O) groups excluding carboxylic acids is 1. The van der Waals surface area contributed by atoms with Crippen LogP contribution in [0.4, 0.5) is 5.69 Å². The second kappa shape index (κ2) is 5.56. The Morgan fingerprint density at radius 2 is 1.95 bits per heavy atom. The van der Waals surface area contributed by atoms with Gasteiger partial charge in [-0.15, -0.1) is 0 Å². The third-order valence-corrected chi connectivity index (χ3v) is 2.89. The molecule has 0 aliphatic carbocycles. The number of aromatic carboxylic acids is 1. The lowest BCUT2D eigenvalue weighted by Gasteiger charge is -2.07. The molecule has 0 bridgehead atoms. The Balaban J connectivity index is 2.31. The van der Waals surface area contributed by atoms with Crippen LogP contribution in [0.25, 0.3) is 0 Å². The largest absolute Gasteiger partial charge is 0.478 e. The van der Waals surface area contributed by atoms with E-state index in [1.165, 1.54) is 12.1 Å². The van der Waals surface area contributed by atoms with E-state index >= 15 is 0 Å². The van der Waals surface area contributed by atoms with Crippen LogP contribution >= 0.6 is 0 Å². The van der Waals surface area contributed by atoms with Gasteiger partial charge in [-0.05, 0) is 18.6 Å². The Morgan fingerprint density at radius 3 is 2.55 bits per heavy atom. The number of nitrogens with one attached hydrogen (secondary N) is 1. The zero-order valence-electron chi connectivity index (χ0n) is 11.3. The highest BCUT2D eigenvalue weighted by Gasteiger charge is 2.17. The first-order valence-electron chi connectivity index (χ1n) is 6.19. The SMILES string of the molecule is CCc1nn(C)cc1NC(=O)c1ccccc1C(=O)O. The normalized spacial score (nSPS) is 10.3. The number of rotatable bonds is 4. The highest BCUT2D eigenvalue weighted by Crippen LogP contribution is 2.16. The fraction of sp³-hybridized carbons (Fsp3) is 0.214. The fourth-order valence-electron chi connectivity index (χ4n) is 1.96. The van der Waals surface area contributed by atoms with Gasteiger partial charge in [-0.1, -0.05) is 19.1 Å². The molecule has 0 fully saturated rings. The van der Waals surface area contributed by atoms with Crippen LogP contribution in [-0.4, -0.2) is 26.8 Å². The smallest absolute Gasteiger partial charge is 0.336 e. The minimum atomic E-state index is -1.13. The van der Waals surface area contributed by atoms with Crippen LogP contribution in [0.5, 0.6) is 0 Å². The van der Waals surface area contributed by atoms with Crippen molar-refractivity contribution in [1.29, 1.82) is 0 Å². The minimum absolute atomic E-state index is 0.0214. The lowest BCUT2D eigenvalue weighted by molar-refractivity contribution is 0.0692. The summed E-state index contributed by atoms with van der Waals surface area (Å²) in [6, 6.07) is 6.11. The van der Waals surface area contributed by atoms with Gasteiger partial charge in [0, 0.05) is 13.2 Å². The molecule has 2 aromatic rings. The average molecular weight is 273 g/mol. The number of nitrogens with zero attached hydrogens (tertiary/aromatic N) is 2. The molecule has 6 heteroatoms. The predicted octanol–water partition coefficient (Wildman–Crippen LogP) is 1.93. The maximum atomic E-state index is 12.2. The maximum Gasteiger partial charge on any atom is 0.336 e. The van der Waals surface area contributed by atoms with Crippen LogP contribution in [-0.2, 0) is 13.5 Å². The van der Waals surface area contributed by atoms with Gasteiger partial charge >= 0.3 is 5.97 Å². The van der Waals surface area contributed by atoms with E-state index in [0.29, 0.717) is 12.1 Å². The van der Waals surface area contributed by atoms with E-state index in [9.17, 15) is 9.59 Å². The number of aromatic nitrogens is 2. The molecule has 6 nitrogen and oxygen atoms in total. The summed E-state index contributed by atoms with van der Waals surface area (Å²) in [4.78, 5) is 23.3. The number of carbonyl (C=O) groups is 2. The quantitative estimate of drug-likeness (QED) is 0.891. The van der Waals surface area contributed by atoms with Gasteiger partial charge in [-0.3, -0.25) is 9.48 Å². The monoisotopic (exact) mass is 273 g/mol. The van der Waals surface area contributed by atoms with Gasteiger partial charge < -0.3 is 10.4 Å². The van der Waals surface area contributed by atoms with E-state index in [1.54, 1.807) is 30.1 Å². The van der Waals surface area contributed by atoms with Crippen molar-refractivity contribution in [2.24, 2.45) is 7.05 Å². The van der Waals surface area contributed by atoms with Crippen molar-refractivity contribution < 1.29 is 14.7 Å². The van der Waals surface area contributed by atoms with Gasteiger partial charge in [0.1, 0.15) is 0 Å². The number of amides is 1. The van der Waals surface area contributed by atoms with Crippen molar-refractivity contribution in [1.82, 2.24) is 9.78 Å². The molecule has 0 saturated carbocycles. The summed E-state index contributed by atoms with van der Waals surface area (Å²) < 4.78 is 1.61. The molecule has 2 rings (SSSR count).